The van der Waals surface area contributed by atoms with E-state index in [9.17, 15) is 14.7 Å². The van der Waals surface area contributed by atoms with Gasteiger partial charge in [0.1, 0.15) is 0 Å². The highest BCUT2D eigenvalue weighted by atomic mass is 16.5. The molecule has 2 atom stereocenters. The zero-order chi connectivity index (χ0) is 14.3. The van der Waals surface area contributed by atoms with Crippen molar-refractivity contribution in [3.8, 4) is 0 Å². The summed E-state index contributed by atoms with van der Waals surface area (Å²) in [6, 6.07) is 0. The Morgan fingerprint density at radius 1 is 1.42 bits per heavy atom. The van der Waals surface area contributed by atoms with Crippen molar-refractivity contribution in [2.75, 3.05) is 13.2 Å². The molecular weight excluding hydrogens is 248 g/mol. The molecule has 0 aliphatic carbocycles. The Labute approximate surface area is 114 Å². The zero-order valence-electron chi connectivity index (χ0n) is 11.8. The van der Waals surface area contributed by atoms with E-state index in [1.54, 1.807) is 13.8 Å². The predicted octanol–water partition coefficient (Wildman–Crippen LogP) is 2.38. The Hall–Kier alpha value is -1.10. The minimum atomic E-state index is -1.39. The number of carbonyl (C=O) groups excluding carboxylic acids is 1. The number of rotatable bonds is 8. The van der Waals surface area contributed by atoms with E-state index < -0.39 is 17.4 Å². The van der Waals surface area contributed by atoms with Crippen LogP contribution in [0.5, 0.6) is 0 Å². The summed E-state index contributed by atoms with van der Waals surface area (Å²) in [7, 11) is 0. The Morgan fingerprint density at radius 2 is 2.16 bits per heavy atom. The number of carboxylic acids is 1. The molecule has 1 rings (SSSR count). The molecule has 1 fully saturated rings. The molecule has 0 aromatic carbocycles. The van der Waals surface area contributed by atoms with Gasteiger partial charge < -0.3 is 14.6 Å². The molecule has 1 aliphatic rings. The molecule has 2 unspecified atom stereocenters. The van der Waals surface area contributed by atoms with Gasteiger partial charge in [-0.15, -0.1) is 0 Å². The van der Waals surface area contributed by atoms with E-state index in [0.717, 1.165) is 25.9 Å². The normalized spacial score (nSPS) is 21.9. The van der Waals surface area contributed by atoms with Crippen LogP contribution in [0.1, 0.15) is 52.4 Å². The van der Waals surface area contributed by atoms with Gasteiger partial charge in [0.05, 0.1) is 12.7 Å². The standard InChI is InChI=1S/C14H24O5/c1-3-14(12(15)16,13(17)18-4-2)9-5-7-11-8-6-10-19-11/h11H,3-10H2,1-2H3,(H,15,16). The molecule has 0 amide bonds. The van der Waals surface area contributed by atoms with Gasteiger partial charge in [-0.05, 0) is 45.4 Å². The maximum absolute atomic E-state index is 11.9. The van der Waals surface area contributed by atoms with Crippen LogP contribution < -0.4 is 0 Å². The third-order valence-corrected chi connectivity index (χ3v) is 3.83. The van der Waals surface area contributed by atoms with Crippen molar-refractivity contribution in [1.82, 2.24) is 0 Å². The first-order chi connectivity index (χ1) is 9.06. The van der Waals surface area contributed by atoms with Crippen LogP contribution in [0.4, 0.5) is 0 Å². The summed E-state index contributed by atoms with van der Waals surface area (Å²) in [5.41, 5.74) is -1.39. The summed E-state index contributed by atoms with van der Waals surface area (Å²) in [4.78, 5) is 23.4. The second-order valence-electron chi connectivity index (χ2n) is 4.99. The molecule has 1 N–H and O–H groups in total. The highest BCUT2D eigenvalue weighted by molar-refractivity contribution is 5.99. The molecular formula is C14H24O5. The summed E-state index contributed by atoms with van der Waals surface area (Å²) >= 11 is 0. The molecule has 0 aromatic heterocycles. The molecule has 0 radical (unpaired) electrons. The van der Waals surface area contributed by atoms with Gasteiger partial charge in [0, 0.05) is 6.61 Å². The van der Waals surface area contributed by atoms with Crippen molar-refractivity contribution in [3.05, 3.63) is 0 Å². The first kappa shape index (κ1) is 16.0. The van der Waals surface area contributed by atoms with Crippen LogP contribution in [0.15, 0.2) is 0 Å². The monoisotopic (exact) mass is 272 g/mol. The number of ether oxygens (including phenoxy) is 2. The summed E-state index contributed by atoms with van der Waals surface area (Å²) in [5, 5.41) is 9.38. The van der Waals surface area contributed by atoms with Crippen LogP contribution in [0.3, 0.4) is 0 Å². The van der Waals surface area contributed by atoms with E-state index in [-0.39, 0.29) is 19.1 Å². The Morgan fingerprint density at radius 3 is 2.63 bits per heavy atom. The van der Waals surface area contributed by atoms with Gasteiger partial charge in [-0.3, -0.25) is 9.59 Å². The number of hydrogen-bond acceptors (Lipinski definition) is 4. The molecule has 5 heteroatoms. The van der Waals surface area contributed by atoms with E-state index in [2.05, 4.69) is 0 Å². The highest BCUT2D eigenvalue weighted by Gasteiger charge is 2.45. The van der Waals surface area contributed by atoms with Crippen molar-refractivity contribution in [2.45, 2.75) is 58.5 Å². The Kier molecular flexibility index (Phi) is 6.28. The van der Waals surface area contributed by atoms with Gasteiger partial charge in [0.25, 0.3) is 0 Å². The first-order valence-corrected chi connectivity index (χ1v) is 7.09. The van der Waals surface area contributed by atoms with Crippen molar-refractivity contribution in [2.24, 2.45) is 5.41 Å². The molecule has 0 saturated carbocycles. The van der Waals surface area contributed by atoms with Gasteiger partial charge in [0.15, 0.2) is 5.41 Å². The lowest BCUT2D eigenvalue weighted by Crippen LogP contribution is -2.40. The number of esters is 1. The fourth-order valence-corrected chi connectivity index (χ4v) is 2.54. The lowest BCUT2D eigenvalue weighted by atomic mass is 9.80. The predicted molar refractivity (Wildman–Crippen MR) is 69.8 cm³/mol. The lowest BCUT2D eigenvalue weighted by Gasteiger charge is -2.26. The third-order valence-electron chi connectivity index (χ3n) is 3.83. The largest absolute Gasteiger partial charge is 0.480 e. The molecule has 1 saturated heterocycles. The van der Waals surface area contributed by atoms with Gasteiger partial charge in [0.2, 0.25) is 0 Å². The SMILES string of the molecule is CCOC(=O)C(CC)(CCCC1CCCO1)C(=O)O. The minimum Gasteiger partial charge on any atom is -0.480 e. The van der Waals surface area contributed by atoms with Crippen molar-refractivity contribution < 1.29 is 24.2 Å². The van der Waals surface area contributed by atoms with Crippen molar-refractivity contribution >= 4 is 11.9 Å². The Bertz CT molecular complexity index is 309. The molecule has 1 aliphatic heterocycles. The van der Waals surface area contributed by atoms with Gasteiger partial charge in [-0.1, -0.05) is 6.92 Å². The number of hydrogen-bond donors (Lipinski definition) is 1. The maximum Gasteiger partial charge on any atom is 0.323 e. The van der Waals surface area contributed by atoms with E-state index in [0.29, 0.717) is 12.8 Å². The summed E-state index contributed by atoms with van der Waals surface area (Å²) in [6.07, 6.45) is 4.39. The third kappa shape index (κ3) is 3.93. The Balaban J connectivity index is 2.57. The average molecular weight is 272 g/mol. The van der Waals surface area contributed by atoms with Gasteiger partial charge in [-0.25, -0.2) is 0 Å². The number of carboxylic acid groups (broad SMARTS) is 1. The van der Waals surface area contributed by atoms with E-state index in [1.165, 1.54) is 0 Å². The first-order valence-electron chi connectivity index (χ1n) is 7.09. The molecule has 0 bridgehead atoms. The summed E-state index contributed by atoms with van der Waals surface area (Å²) in [5.74, 6) is -1.70. The fraction of sp³-hybridized carbons (Fsp3) is 0.857. The van der Waals surface area contributed by atoms with Gasteiger partial charge >= 0.3 is 11.9 Å². The molecule has 110 valence electrons. The van der Waals surface area contributed by atoms with Crippen LogP contribution >= 0.6 is 0 Å². The van der Waals surface area contributed by atoms with Gasteiger partial charge in [-0.2, -0.15) is 0 Å². The number of aliphatic carboxylic acids is 1. The minimum absolute atomic E-state index is 0.208. The molecule has 0 aromatic rings. The van der Waals surface area contributed by atoms with Crippen LogP contribution in [0.25, 0.3) is 0 Å². The molecule has 1 heterocycles. The van der Waals surface area contributed by atoms with Crippen LogP contribution in [-0.2, 0) is 19.1 Å². The zero-order valence-corrected chi connectivity index (χ0v) is 11.8. The van der Waals surface area contributed by atoms with E-state index in [4.69, 9.17) is 9.47 Å². The number of carbonyl (C=O) groups is 2. The summed E-state index contributed by atoms with van der Waals surface area (Å²) < 4.78 is 10.4. The highest BCUT2D eigenvalue weighted by Crippen LogP contribution is 2.32. The van der Waals surface area contributed by atoms with E-state index in [1.807, 2.05) is 0 Å². The van der Waals surface area contributed by atoms with E-state index >= 15 is 0 Å². The van der Waals surface area contributed by atoms with Crippen molar-refractivity contribution in [1.29, 1.82) is 0 Å². The van der Waals surface area contributed by atoms with Crippen LogP contribution in [0, 0.1) is 5.41 Å². The second-order valence-corrected chi connectivity index (χ2v) is 4.99. The van der Waals surface area contributed by atoms with Crippen molar-refractivity contribution in [3.63, 3.8) is 0 Å². The van der Waals surface area contributed by atoms with Crippen LogP contribution in [-0.4, -0.2) is 36.4 Å². The lowest BCUT2D eigenvalue weighted by molar-refractivity contribution is -0.169. The maximum atomic E-state index is 11.9. The topological polar surface area (TPSA) is 72.8 Å². The molecule has 19 heavy (non-hydrogen) atoms. The molecule has 0 spiro atoms. The summed E-state index contributed by atoms with van der Waals surface area (Å²) in [6.45, 7) is 4.41. The quantitative estimate of drug-likeness (QED) is 0.542. The fourth-order valence-electron chi connectivity index (χ4n) is 2.54. The van der Waals surface area contributed by atoms with Crippen LogP contribution in [0.2, 0.25) is 0 Å². The molecule has 5 nitrogen and oxygen atoms in total. The second kappa shape index (κ2) is 7.48. The average Bonchev–Trinajstić information content (AvgIpc) is 2.87. The smallest absolute Gasteiger partial charge is 0.323 e.